The van der Waals surface area contributed by atoms with E-state index in [2.05, 4.69) is 15.0 Å². The number of unbranched alkanes of at least 4 members (excludes halogenated alkanes) is 1. The molecule has 1 fully saturated rings. The summed E-state index contributed by atoms with van der Waals surface area (Å²) in [5.74, 6) is -1.59. The Labute approximate surface area is 368 Å². The number of esters is 1. The van der Waals surface area contributed by atoms with Crippen molar-refractivity contribution in [1.29, 1.82) is 0 Å². The van der Waals surface area contributed by atoms with Gasteiger partial charge in [0.25, 0.3) is 10.0 Å². The van der Waals surface area contributed by atoms with Gasteiger partial charge in [0.1, 0.15) is 30.3 Å². The maximum absolute atomic E-state index is 14.4. The van der Waals surface area contributed by atoms with Crippen LogP contribution in [-0.2, 0) is 51.7 Å². The minimum Gasteiger partial charge on any atom is -0.496 e. The molecule has 63 heavy (non-hydrogen) atoms. The average molecular weight is 884 g/mol. The molecule has 0 aromatic heterocycles. The van der Waals surface area contributed by atoms with E-state index in [0.29, 0.717) is 48.1 Å². The smallest absolute Gasteiger partial charge is 0.408 e. The molecular formula is C47H57N5O10S. The van der Waals surface area contributed by atoms with Crippen molar-refractivity contribution in [2.24, 2.45) is 10.1 Å². The van der Waals surface area contributed by atoms with Crippen LogP contribution in [0.2, 0.25) is 0 Å². The van der Waals surface area contributed by atoms with Crippen molar-refractivity contribution in [3.63, 3.8) is 0 Å². The number of likely N-dealkylation sites (tertiary alicyclic amines) is 1. The predicted molar refractivity (Wildman–Crippen MR) is 239 cm³/mol. The Morgan fingerprint density at radius 3 is 2.25 bits per heavy atom. The highest BCUT2D eigenvalue weighted by atomic mass is 32.2. The van der Waals surface area contributed by atoms with Crippen LogP contribution in [0.5, 0.6) is 5.75 Å². The standard InChI is InChI=1S/C47H57N5O10S/c1-30-26-41(60-4)31(2)32(3)44(30)63(58,59)51-42(48)20-12-11-18-37(40(53)23-24-43(54)61-5)49-45(55)39-19-13-25-52(39)46(56)38(50-47(57)62-29-33-14-7-6-8-15-33)28-34-21-22-35-16-9-10-17-36(35)27-34/h6-10,14-17,21-22,26-27,37-39H,11-13,18-20,23-25,28-29H2,1-5H3,(H2,48,51)(H,49,55)(H,50,57)/t37?,38-,39+/m1/s1. The largest absolute Gasteiger partial charge is 0.496 e. The lowest BCUT2D eigenvalue weighted by Gasteiger charge is -2.30. The molecule has 336 valence electrons. The minimum atomic E-state index is -4.16. The number of carbonyl (C=O) groups is 5. The van der Waals surface area contributed by atoms with Crippen LogP contribution < -0.4 is 21.1 Å². The van der Waals surface area contributed by atoms with E-state index < -0.39 is 57.8 Å². The SMILES string of the molecule is COC(=O)CCC(=O)C(CCCC/C(N)=N\S(=O)(=O)c1c(C)cc(OC)c(C)c1C)NC(=O)[C@@H]1CCCN1C(=O)[C@@H](Cc1ccc2ccccc2c1)NC(=O)OCc1ccccc1. The van der Waals surface area contributed by atoms with E-state index in [9.17, 15) is 32.4 Å². The molecule has 1 aliphatic heterocycles. The molecule has 0 saturated carbocycles. The van der Waals surface area contributed by atoms with E-state index in [-0.39, 0.29) is 56.0 Å². The average Bonchev–Trinajstić information content (AvgIpc) is 3.77. The minimum absolute atomic E-state index is 0.00893. The highest BCUT2D eigenvalue weighted by molar-refractivity contribution is 7.90. The number of carbonyl (C=O) groups excluding carboxylic acids is 5. The number of nitrogens with one attached hydrogen (secondary N) is 2. The number of fused-ring (bicyclic) bond motifs is 1. The van der Waals surface area contributed by atoms with Gasteiger partial charge in [-0.1, -0.05) is 79.2 Å². The number of nitrogens with zero attached hydrogens (tertiary/aromatic N) is 2. The van der Waals surface area contributed by atoms with Crippen molar-refractivity contribution in [3.05, 3.63) is 107 Å². The molecule has 1 unspecified atom stereocenters. The third-order valence-electron chi connectivity index (χ3n) is 11.3. The van der Waals surface area contributed by atoms with Gasteiger partial charge in [0, 0.05) is 25.8 Å². The number of sulfonamides is 1. The molecule has 3 amide bonds. The van der Waals surface area contributed by atoms with E-state index in [0.717, 1.165) is 21.9 Å². The Morgan fingerprint density at radius 1 is 0.825 bits per heavy atom. The zero-order valence-corrected chi connectivity index (χ0v) is 37.3. The van der Waals surface area contributed by atoms with E-state index in [1.54, 1.807) is 26.8 Å². The highest BCUT2D eigenvalue weighted by Gasteiger charge is 2.39. The molecule has 1 saturated heterocycles. The van der Waals surface area contributed by atoms with Crippen LogP contribution in [0, 0.1) is 20.8 Å². The molecule has 3 atom stereocenters. The molecule has 16 heteroatoms. The number of benzene rings is 4. The second-order valence-electron chi connectivity index (χ2n) is 15.7. The van der Waals surface area contributed by atoms with Crippen LogP contribution >= 0.6 is 0 Å². The second-order valence-corrected chi connectivity index (χ2v) is 17.3. The van der Waals surface area contributed by atoms with E-state index in [4.69, 9.17) is 19.9 Å². The molecule has 4 aromatic carbocycles. The van der Waals surface area contributed by atoms with Gasteiger partial charge in [0.05, 0.1) is 31.6 Å². The number of rotatable bonds is 20. The summed E-state index contributed by atoms with van der Waals surface area (Å²) in [6, 6.07) is 21.3. The fourth-order valence-corrected chi connectivity index (χ4v) is 9.32. The summed E-state index contributed by atoms with van der Waals surface area (Å²) in [7, 11) is -1.43. The number of ketones is 1. The maximum atomic E-state index is 14.4. The highest BCUT2D eigenvalue weighted by Crippen LogP contribution is 2.32. The van der Waals surface area contributed by atoms with Gasteiger partial charge in [-0.15, -0.1) is 4.40 Å². The van der Waals surface area contributed by atoms with Crippen LogP contribution in [-0.4, -0.2) is 87.7 Å². The molecule has 0 radical (unpaired) electrons. The Kier molecular flexibility index (Phi) is 16.8. The Bertz CT molecular complexity index is 2440. The second kappa shape index (κ2) is 22.2. The van der Waals surface area contributed by atoms with Crippen molar-refractivity contribution >= 4 is 56.3 Å². The number of alkyl carbamates (subject to hydrolysis) is 1. The van der Waals surface area contributed by atoms with Crippen molar-refractivity contribution in [1.82, 2.24) is 15.5 Å². The summed E-state index contributed by atoms with van der Waals surface area (Å²) < 4.78 is 46.2. The fourth-order valence-electron chi connectivity index (χ4n) is 7.83. The van der Waals surface area contributed by atoms with Crippen molar-refractivity contribution in [2.75, 3.05) is 20.8 Å². The molecule has 4 aromatic rings. The molecule has 5 rings (SSSR count). The van der Waals surface area contributed by atoms with Crippen LogP contribution in [0.25, 0.3) is 10.8 Å². The van der Waals surface area contributed by atoms with E-state index >= 15 is 0 Å². The van der Waals surface area contributed by atoms with Crippen LogP contribution in [0.3, 0.4) is 0 Å². The summed E-state index contributed by atoms with van der Waals surface area (Å²) in [4.78, 5) is 68.6. The number of hydrogen-bond donors (Lipinski definition) is 3. The first kappa shape index (κ1) is 47.8. The van der Waals surface area contributed by atoms with E-state index in [1.807, 2.05) is 72.8 Å². The molecule has 0 bridgehead atoms. The summed E-state index contributed by atoms with van der Waals surface area (Å²) in [6.45, 7) is 5.33. The Morgan fingerprint density at radius 2 is 1.54 bits per heavy atom. The number of nitrogens with two attached hydrogens (primary N) is 1. The van der Waals surface area contributed by atoms with Crippen molar-refractivity contribution in [3.8, 4) is 5.75 Å². The summed E-state index contributed by atoms with van der Waals surface area (Å²) >= 11 is 0. The third-order valence-corrected chi connectivity index (χ3v) is 12.9. The first-order chi connectivity index (χ1) is 30.1. The van der Waals surface area contributed by atoms with Gasteiger partial charge in [0.2, 0.25) is 11.8 Å². The number of amidine groups is 1. The molecule has 0 aliphatic carbocycles. The fraction of sp³-hybridized carbons (Fsp3) is 0.404. The number of Topliss-reactive ketones (excluding diaryl/α,β-unsaturated/α-hetero) is 1. The maximum Gasteiger partial charge on any atom is 0.408 e. The van der Waals surface area contributed by atoms with Gasteiger partial charge in [-0.3, -0.25) is 19.2 Å². The third kappa shape index (κ3) is 12.9. The number of methoxy groups -OCH3 is 2. The first-order valence-electron chi connectivity index (χ1n) is 21.0. The number of hydrogen-bond acceptors (Lipinski definition) is 10. The Hall–Kier alpha value is -6.29. The van der Waals surface area contributed by atoms with E-state index in [1.165, 1.54) is 19.1 Å². The number of amides is 3. The van der Waals surface area contributed by atoms with Gasteiger partial charge < -0.3 is 35.5 Å². The molecule has 15 nitrogen and oxygen atoms in total. The summed E-state index contributed by atoms with van der Waals surface area (Å²) in [5, 5.41) is 7.56. The number of ether oxygens (including phenoxy) is 3. The van der Waals surface area contributed by atoms with Gasteiger partial charge in [-0.25, -0.2) is 4.79 Å². The summed E-state index contributed by atoms with van der Waals surface area (Å²) in [6.07, 6.45) is 0.650. The summed E-state index contributed by atoms with van der Waals surface area (Å²) in [5.41, 5.74) is 9.33. The van der Waals surface area contributed by atoms with Gasteiger partial charge in [-0.05, 0) is 91.1 Å². The van der Waals surface area contributed by atoms with Gasteiger partial charge >= 0.3 is 12.1 Å². The normalized spacial score (nSPS) is 15.0. The monoisotopic (exact) mass is 883 g/mol. The molecule has 4 N–H and O–H groups in total. The lowest BCUT2D eigenvalue weighted by molar-refractivity contribution is -0.142. The Balaban J connectivity index is 1.28. The van der Waals surface area contributed by atoms with Gasteiger partial charge in [-0.2, -0.15) is 8.42 Å². The molecule has 1 aliphatic rings. The lowest BCUT2D eigenvalue weighted by atomic mass is 9.99. The van der Waals surface area contributed by atoms with Gasteiger partial charge in [0.15, 0.2) is 5.78 Å². The molecule has 1 heterocycles. The first-order valence-corrected chi connectivity index (χ1v) is 22.4. The molecule has 0 spiro atoms. The molecular weight excluding hydrogens is 827 g/mol. The number of aryl methyl sites for hydroxylation is 1. The van der Waals surface area contributed by atoms with Crippen LogP contribution in [0.4, 0.5) is 4.79 Å². The zero-order chi connectivity index (χ0) is 45.7. The van der Waals surface area contributed by atoms with Crippen LogP contribution in [0.1, 0.15) is 79.2 Å². The lowest BCUT2D eigenvalue weighted by Crippen LogP contribution is -2.55. The predicted octanol–water partition coefficient (Wildman–Crippen LogP) is 5.92. The topological polar surface area (TPSA) is 213 Å². The quantitative estimate of drug-likeness (QED) is 0.0411. The van der Waals surface area contributed by atoms with Crippen LogP contribution in [0.15, 0.2) is 88.2 Å². The van der Waals surface area contributed by atoms with Crippen molar-refractivity contribution < 1.29 is 46.6 Å². The zero-order valence-electron chi connectivity index (χ0n) is 36.5. The van der Waals surface area contributed by atoms with Crippen molar-refractivity contribution in [2.45, 2.75) is 108 Å².